The summed E-state index contributed by atoms with van der Waals surface area (Å²) in [4.78, 5) is 12.2. The number of benzene rings is 1. The molecule has 0 aliphatic rings. The van der Waals surface area contributed by atoms with Gasteiger partial charge in [0.25, 0.3) is 5.69 Å². The maximum atomic E-state index is 10.5. The minimum atomic E-state index is -0.747. The number of para-hydroxylation sites is 1. The minimum Gasteiger partial charge on any atom is -0.258 e. The number of nitrogens with zero attached hydrogens (tertiary/aromatic N) is 5. The first-order chi connectivity index (χ1) is 6.70. The quantitative estimate of drug-likeness (QED) is 0.233. The molecule has 0 atom stereocenters. The Morgan fingerprint density at radius 1 is 1.64 bits per heavy atom. The molecule has 0 aliphatic carbocycles. The van der Waals surface area contributed by atoms with Crippen LogP contribution in [0.5, 0.6) is 0 Å². The SMILES string of the molecule is N#Cc1cccc(N=[N+]=[N-])c1[N+](=O)[O-]. The minimum absolute atomic E-state index is 0.125. The molecule has 1 rings (SSSR count). The van der Waals surface area contributed by atoms with Gasteiger partial charge in [0.2, 0.25) is 0 Å². The molecular weight excluding hydrogens is 186 g/mol. The van der Waals surface area contributed by atoms with E-state index in [1.165, 1.54) is 18.2 Å². The van der Waals surface area contributed by atoms with Crippen molar-refractivity contribution in [3.05, 3.63) is 44.3 Å². The Kier molecular flexibility index (Phi) is 2.64. The highest BCUT2D eigenvalue weighted by molar-refractivity contribution is 5.65. The molecule has 1 aromatic carbocycles. The molecule has 7 heteroatoms. The first kappa shape index (κ1) is 9.51. The molecular formula is C7H3N5O2. The van der Waals surface area contributed by atoms with Gasteiger partial charge in [0.05, 0.1) is 4.92 Å². The number of hydrogen-bond acceptors (Lipinski definition) is 4. The summed E-state index contributed by atoms with van der Waals surface area (Å²) < 4.78 is 0. The number of nitriles is 1. The predicted octanol–water partition coefficient (Wildman–Crippen LogP) is 2.41. The van der Waals surface area contributed by atoms with E-state index in [2.05, 4.69) is 10.0 Å². The van der Waals surface area contributed by atoms with Crippen LogP contribution in [0.15, 0.2) is 23.3 Å². The second kappa shape index (κ2) is 3.89. The fourth-order valence-electron chi connectivity index (χ4n) is 0.942. The second-order valence-corrected chi connectivity index (χ2v) is 2.23. The molecule has 0 saturated heterocycles. The Morgan fingerprint density at radius 2 is 2.36 bits per heavy atom. The van der Waals surface area contributed by atoms with Crippen molar-refractivity contribution in [3.63, 3.8) is 0 Å². The topological polar surface area (TPSA) is 116 Å². The summed E-state index contributed by atoms with van der Waals surface area (Å²) in [6, 6.07) is 5.63. The van der Waals surface area contributed by atoms with Crippen molar-refractivity contribution in [1.82, 2.24) is 0 Å². The Hall–Kier alpha value is -2.58. The van der Waals surface area contributed by atoms with Crippen LogP contribution in [-0.4, -0.2) is 4.92 Å². The molecule has 0 amide bonds. The molecule has 1 aromatic rings. The van der Waals surface area contributed by atoms with E-state index in [0.29, 0.717) is 0 Å². The summed E-state index contributed by atoms with van der Waals surface area (Å²) in [6.45, 7) is 0. The fraction of sp³-hybridized carbons (Fsp3) is 0. The standard InChI is InChI=1S/C7H3N5O2/c8-4-5-2-1-3-6(10-11-9)7(5)12(13)14/h1-3H. The summed E-state index contributed by atoms with van der Waals surface area (Å²) >= 11 is 0. The highest BCUT2D eigenvalue weighted by Crippen LogP contribution is 2.30. The van der Waals surface area contributed by atoms with Crippen molar-refractivity contribution in [3.8, 4) is 6.07 Å². The zero-order chi connectivity index (χ0) is 10.6. The second-order valence-electron chi connectivity index (χ2n) is 2.23. The molecule has 0 saturated carbocycles. The third-order valence-electron chi connectivity index (χ3n) is 1.47. The van der Waals surface area contributed by atoms with Gasteiger partial charge in [0.1, 0.15) is 17.3 Å². The third kappa shape index (κ3) is 1.60. The average molecular weight is 189 g/mol. The van der Waals surface area contributed by atoms with Gasteiger partial charge in [-0.05, 0) is 17.7 Å². The van der Waals surface area contributed by atoms with Gasteiger partial charge in [-0.1, -0.05) is 11.2 Å². The molecule has 14 heavy (non-hydrogen) atoms. The van der Waals surface area contributed by atoms with Crippen LogP contribution in [0.2, 0.25) is 0 Å². The summed E-state index contributed by atoms with van der Waals surface area (Å²) in [5.74, 6) is 0. The fourth-order valence-corrected chi connectivity index (χ4v) is 0.942. The molecule has 68 valence electrons. The van der Waals surface area contributed by atoms with Crippen molar-refractivity contribution >= 4 is 11.4 Å². The molecule has 0 bridgehead atoms. The lowest BCUT2D eigenvalue weighted by Gasteiger charge is -1.96. The highest BCUT2D eigenvalue weighted by Gasteiger charge is 2.17. The van der Waals surface area contributed by atoms with Crippen LogP contribution < -0.4 is 0 Å². The maximum absolute atomic E-state index is 10.5. The van der Waals surface area contributed by atoms with Gasteiger partial charge in [-0.2, -0.15) is 5.26 Å². The van der Waals surface area contributed by atoms with Crippen LogP contribution in [0, 0.1) is 21.4 Å². The number of rotatable bonds is 2. The van der Waals surface area contributed by atoms with Crippen LogP contribution in [0.25, 0.3) is 10.4 Å². The molecule has 0 N–H and O–H groups in total. The first-order valence-electron chi connectivity index (χ1n) is 3.43. The van der Waals surface area contributed by atoms with E-state index in [1.54, 1.807) is 6.07 Å². The van der Waals surface area contributed by atoms with E-state index in [0.717, 1.165) is 0 Å². The van der Waals surface area contributed by atoms with E-state index in [1.807, 2.05) is 0 Å². The average Bonchev–Trinajstić information content (AvgIpc) is 2.17. The summed E-state index contributed by atoms with van der Waals surface area (Å²) in [7, 11) is 0. The molecule has 0 unspecified atom stereocenters. The van der Waals surface area contributed by atoms with Gasteiger partial charge < -0.3 is 0 Å². The largest absolute Gasteiger partial charge is 0.296 e. The number of nitro benzene ring substituents is 1. The Morgan fingerprint density at radius 3 is 2.86 bits per heavy atom. The molecule has 7 nitrogen and oxygen atoms in total. The Balaban J connectivity index is 3.52. The monoisotopic (exact) mass is 189 g/mol. The summed E-state index contributed by atoms with van der Waals surface area (Å²) in [6.07, 6.45) is 0. The van der Waals surface area contributed by atoms with Gasteiger partial charge in [0.15, 0.2) is 0 Å². The van der Waals surface area contributed by atoms with Gasteiger partial charge in [0, 0.05) is 4.91 Å². The van der Waals surface area contributed by atoms with Crippen molar-refractivity contribution in [1.29, 1.82) is 5.26 Å². The highest BCUT2D eigenvalue weighted by atomic mass is 16.6. The Bertz CT molecular complexity index is 469. The zero-order valence-corrected chi connectivity index (χ0v) is 6.78. The van der Waals surface area contributed by atoms with Crippen molar-refractivity contribution in [2.24, 2.45) is 5.11 Å². The molecule has 0 spiro atoms. The molecule has 0 heterocycles. The van der Waals surface area contributed by atoms with E-state index in [9.17, 15) is 10.1 Å². The van der Waals surface area contributed by atoms with Crippen LogP contribution in [0.1, 0.15) is 5.56 Å². The van der Waals surface area contributed by atoms with Gasteiger partial charge in [-0.3, -0.25) is 10.1 Å². The summed E-state index contributed by atoms with van der Waals surface area (Å²) in [5, 5.41) is 22.2. The Labute approximate surface area is 78.0 Å². The molecule has 0 aliphatic heterocycles. The molecule has 0 fully saturated rings. The normalized spacial score (nSPS) is 8.50. The van der Waals surface area contributed by atoms with Gasteiger partial charge in [-0.15, -0.1) is 0 Å². The van der Waals surface area contributed by atoms with Crippen LogP contribution in [0.3, 0.4) is 0 Å². The lowest BCUT2D eigenvalue weighted by molar-refractivity contribution is -0.384. The van der Waals surface area contributed by atoms with E-state index in [4.69, 9.17) is 10.8 Å². The van der Waals surface area contributed by atoms with E-state index >= 15 is 0 Å². The predicted molar refractivity (Wildman–Crippen MR) is 46.6 cm³/mol. The van der Waals surface area contributed by atoms with Crippen LogP contribution in [0.4, 0.5) is 11.4 Å². The first-order valence-corrected chi connectivity index (χ1v) is 3.43. The van der Waals surface area contributed by atoms with Gasteiger partial charge in [-0.25, -0.2) is 0 Å². The van der Waals surface area contributed by atoms with Crippen molar-refractivity contribution in [2.75, 3.05) is 0 Å². The van der Waals surface area contributed by atoms with Gasteiger partial charge >= 0.3 is 0 Å². The lowest BCUT2D eigenvalue weighted by atomic mass is 10.2. The lowest BCUT2D eigenvalue weighted by Crippen LogP contribution is -1.92. The summed E-state index contributed by atoms with van der Waals surface area (Å²) in [5.41, 5.74) is 7.40. The molecule has 0 aromatic heterocycles. The van der Waals surface area contributed by atoms with Crippen molar-refractivity contribution in [2.45, 2.75) is 0 Å². The number of azide groups is 1. The van der Waals surface area contributed by atoms with Crippen molar-refractivity contribution < 1.29 is 4.92 Å². The van der Waals surface area contributed by atoms with E-state index in [-0.39, 0.29) is 11.3 Å². The zero-order valence-electron chi connectivity index (χ0n) is 6.78. The van der Waals surface area contributed by atoms with E-state index < -0.39 is 10.6 Å². The number of nitro groups is 1. The maximum Gasteiger partial charge on any atom is 0.296 e. The van der Waals surface area contributed by atoms with Crippen LogP contribution in [-0.2, 0) is 0 Å². The molecule has 0 radical (unpaired) electrons. The number of hydrogen-bond donors (Lipinski definition) is 0. The van der Waals surface area contributed by atoms with Crippen LogP contribution >= 0.6 is 0 Å². The smallest absolute Gasteiger partial charge is 0.258 e. The third-order valence-corrected chi connectivity index (χ3v) is 1.47.